The van der Waals surface area contributed by atoms with Crippen LogP contribution in [0.5, 0.6) is 28.7 Å². The molecule has 0 aliphatic carbocycles. The highest BCUT2D eigenvalue weighted by Crippen LogP contribution is 2.39. The number of fused-ring (bicyclic) bond motifs is 1. The monoisotopic (exact) mass is 902 g/mol. The number of aliphatic hydroxyl groups excluding tert-OH is 9. The van der Waals surface area contributed by atoms with Crippen molar-refractivity contribution in [2.24, 2.45) is 0 Å². The van der Waals surface area contributed by atoms with Crippen LogP contribution < -0.4 is 14.9 Å². The second-order valence-corrected chi connectivity index (χ2v) is 15.3. The van der Waals surface area contributed by atoms with Crippen LogP contribution in [-0.4, -0.2) is 173 Å². The standard InChI is InChI=1S/C42H46O22/c1-16-28(48)31(51)34(54)40(58-16)57-15-25-38(63-26(47)11-4-17-2-7-19(44)8-3-17)33(53)36(56)42(62-25)64-39-30(50)27-22(46)12-21(59-41-35(55)32(52)29(49)24(14-43)61-41)13-23(27)60-37(39)18-5-9-20(45)10-6-18/h2-13,16,24-25,28-29,31-36,38,40-46,48-49,51-56H,14-15H2,1H3/b11-4+/t16-,24+,25+,28-,29+,31+,32-,33+,34+,35+,36+,38-,40+,41+,42-/m0/s1. The van der Waals surface area contributed by atoms with Gasteiger partial charge in [-0.25, -0.2) is 4.79 Å². The maximum absolute atomic E-state index is 14.3. The molecule has 4 aromatic rings. The number of hydrogen-bond donors (Lipinski definition) is 12. The highest BCUT2D eigenvalue weighted by Gasteiger charge is 2.50. The van der Waals surface area contributed by atoms with Gasteiger partial charge in [-0.3, -0.25) is 4.79 Å². The zero-order valence-electron chi connectivity index (χ0n) is 33.5. The molecule has 0 saturated carbocycles. The Kier molecular flexibility index (Phi) is 14.1. The maximum Gasteiger partial charge on any atom is 0.331 e. The Morgan fingerprint density at radius 1 is 0.688 bits per heavy atom. The zero-order valence-corrected chi connectivity index (χ0v) is 33.5. The molecule has 64 heavy (non-hydrogen) atoms. The Hall–Kier alpha value is -5.44. The fraction of sp³-hybridized carbons (Fsp3) is 0.429. The molecule has 0 spiro atoms. The lowest BCUT2D eigenvalue weighted by atomic mass is 9.98. The van der Waals surface area contributed by atoms with E-state index in [9.17, 15) is 70.9 Å². The molecule has 15 atom stereocenters. The van der Waals surface area contributed by atoms with Gasteiger partial charge >= 0.3 is 5.97 Å². The number of aromatic hydroxyl groups is 3. The van der Waals surface area contributed by atoms with E-state index in [4.69, 9.17) is 37.6 Å². The van der Waals surface area contributed by atoms with Crippen LogP contribution in [0, 0.1) is 0 Å². The Bertz CT molecular complexity index is 2330. The minimum atomic E-state index is -2.12. The summed E-state index contributed by atoms with van der Waals surface area (Å²) in [6.45, 7) is -0.0756. The van der Waals surface area contributed by atoms with Crippen molar-refractivity contribution in [1.82, 2.24) is 0 Å². The molecular formula is C42H46O22. The number of carbonyl (C=O) groups is 1. The van der Waals surface area contributed by atoms with Crippen molar-refractivity contribution in [3.05, 3.63) is 82.5 Å². The van der Waals surface area contributed by atoms with Crippen LogP contribution in [0.25, 0.3) is 28.4 Å². The molecule has 7 rings (SSSR count). The molecule has 4 heterocycles. The first-order chi connectivity index (χ1) is 30.4. The number of hydrogen-bond acceptors (Lipinski definition) is 22. The van der Waals surface area contributed by atoms with Crippen LogP contribution in [0.3, 0.4) is 0 Å². The lowest BCUT2D eigenvalue weighted by molar-refractivity contribution is -0.319. The summed E-state index contributed by atoms with van der Waals surface area (Å²) in [6.07, 6.45) is -23.2. The third-order valence-corrected chi connectivity index (χ3v) is 10.8. The third-order valence-electron chi connectivity index (χ3n) is 10.8. The van der Waals surface area contributed by atoms with E-state index in [-0.39, 0.29) is 28.4 Å². The molecule has 0 radical (unpaired) electrons. The van der Waals surface area contributed by atoms with E-state index in [0.717, 1.165) is 18.2 Å². The van der Waals surface area contributed by atoms with Crippen LogP contribution in [0.15, 0.2) is 76.0 Å². The van der Waals surface area contributed by atoms with Gasteiger partial charge in [-0.1, -0.05) is 12.1 Å². The predicted molar refractivity (Wildman–Crippen MR) is 212 cm³/mol. The van der Waals surface area contributed by atoms with Crippen molar-refractivity contribution in [3.8, 4) is 40.1 Å². The zero-order chi connectivity index (χ0) is 46.1. The maximum atomic E-state index is 14.3. The Balaban J connectivity index is 1.21. The summed E-state index contributed by atoms with van der Waals surface area (Å²) >= 11 is 0. The normalized spacial score (nSPS) is 33.2. The van der Waals surface area contributed by atoms with Crippen LogP contribution in [0.1, 0.15) is 12.5 Å². The average molecular weight is 903 g/mol. The van der Waals surface area contributed by atoms with Gasteiger partial charge in [0.05, 0.1) is 19.3 Å². The van der Waals surface area contributed by atoms with Crippen LogP contribution in [0.2, 0.25) is 0 Å². The van der Waals surface area contributed by atoms with E-state index in [0.29, 0.717) is 5.56 Å². The first-order valence-corrected chi connectivity index (χ1v) is 19.7. The quantitative estimate of drug-likeness (QED) is 0.0543. The Morgan fingerprint density at radius 2 is 1.28 bits per heavy atom. The molecule has 3 aliphatic rings. The van der Waals surface area contributed by atoms with Gasteiger partial charge in [0.1, 0.15) is 95.0 Å². The number of aliphatic hydroxyl groups is 9. The predicted octanol–water partition coefficient (Wildman–Crippen LogP) is -1.95. The van der Waals surface area contributed by atoms with Gasteiger partial charge in [0.25, 0.3) is 0 Å². The van der Waals surface area contributed by atoms with Crippen LogP contribution in [-0.2, 0) is 28.5 Å². The second kappa shape index (κ2) is 19.3. The number of phenolic OH excluding ortho intramolecular Hbond substituents is 3. The number of rotatable bonds is 12. The second-order valence-electron chi connectivity index (χ2n) is 15.3. The smallest absolute Gasteiger partial charge is 0.331 e. The molecule has 12 N–H and O–H groups in total. The lowest BCUT2D eigenvalue weighted by Gasteiger charge is -2.43. The molecule has 22 nitrogen and oxygen atoms in total. The molecule has 1 aromatic heterocycles. The molecule has 3 saturated heterocycles. The first kappa shape index (κ1) is 46.5. The summed E-state index contributed by atoms with van der Waals surface area (Å²) in [5.41, 5.74) is -0.907. The summed E-state index contributed by atoms with van der Waals surface area (Å²) < 4.78 is 45.7. The molecular weight excluding hydrogens is 856 g/mol. The molecule has 346 valence electrons. The highest BCUT2D eigenvalue weighted by molar-refractivity contribution is 5.88. The Labute approximate surface area is 361 Å². The van der Waals surface area contributed by atoms with Crippen molar-refractivity contribution < 1.29 is 104 Å². The molecule has 3 aliphatic heterocycles. The summed E-state index contributed by atoms with van der Waals surface area (Å²) in [5.74, 6) is -3.47. The minimum absolute atomic E-state index is 0.0263. The summed E-state index contributed by atoms with van der Waals surface area (Å²) in [4.78, 5) is 27.4. The van der Waals surface area contributed by atoms with Crippen LogP contribution >= 0.6 is 0 Å². The van der Waals surface area contributed by atoms with Gasteiger partial charge in [-0.05, 0) is 55.0 Å². The van der Waals surface area contributed by atoms with Gasteiger partial charge in [0.15, 0.2) is 18.2 Å². The van der Waals surface area contributed by atoms with Gasteiger partial charge in [0, 0.05) is 23.8 Å². The largest absolute Gasteiger partial charge is 0.508 e. The fourth-order valence-electron chi connectivity index (χ4n) is 7.20. The van der Waals surface area contributed by atoms with E-state index < -0.39 is 139 Å². The van der Waals surface area contributed by atoms with Gasteiger partial charge in [-0.2, -0.15) is 0 Å². The van der Waals surface area contributed by atoms with Gasteiger partial charge in [0.2, 0.25) is 23.8 Å². The fourth-order valence-corrected chi connectivity index (χ4v) is 7.20. The molecule has 3 aromatic carbocycles. The number of phenols is 3. The van der Waals surface area contributed by atoms with Crippen molar-refractivity contribution in [2.45, 2.75) is 99.0 Å². The summed E-state index contributed by atoms with van der Waals surface area (Å²) in [6, 6.07) is 12.8. The van der Waals surface area contributed by atoms with Gasteiger partial charge in [-0.15, -0.1) is 0 Å². The SMILES string of the molecule is C[C@@H]1O[C@@H](OC[C@H]2O[C@@H](Oc3c(-c4ccc(O)cc4)oc4cc(O[C@@H]5O[C@H](CO)[C@@H](O)[C@H](O)[C@H]5O)cc(O)c4c3=O)[C@H](O)[C@@H](O)[C@H]2OC(=O)/C=C/c2ccc(O)cc2)[C@H](O)[C@H](O)[C@H]1O. The summed E-state index contributed by atoms with van der Waals surface area (Å²) in [7, 11) is 0. The summed E-state index contributed by atoms with van der Waals surface area (Å²) in [5, 5.41) is 125. The molecule has 0 unspecified atom stereocenters. The van der Waals surface area contributed by atoms with E-state index in [1.54, 1.807) is 0 Å². The molecule has 0 amide bonds. The van der Waals surface area contributed by atoms with Crippen molar-refractivity contribution >= 4 is 23.0 Å². The van der Waals surface area contributed by atoms with Crippen molar-refractivity contribution in [3.63, 3.8) is 0 Å². The minimum Gasteiger partial charge on any atom is -0.508 e. The molecule has 0 bridgehead atoms. The van der Waals surface area contributed by atoms with Crippen LogP contribution in [0.4, 0.5) is 0 Å². The van der Waals surface area contributed by atoms with E-state index in [1.165, 1.54) is 61.5 Å². The number of benzene rings is 3. The molecule has 3 fully saturated rings. The van der Waals surface area contributed by atoms with Gasteiger partial charge < -0.3 is 98.9 Å². The highest BCUT2D eigenvalue weighted by atomic mass is 16.7. The number of carbonyl (C=O) groups excluding carboxylic acids is 1. The van der Waals surface area contributed by atoms with Crippen molar-refractivity contribution in [2.75, 3.05) is 13.2 Å². The van der Waals surface area contributed by atoms with E-state index >= 15 is 0 Å². The molecule has 22 heteroatoms. The Morgan fingerprint density at radius 3 is 1.95 bits per heavy atom. The third kappa shape index (κ3) is 9.64. The lowest BCUT2D eigenvalue weighted by Crippen LogP contribution is -2.62. The first-order valence-electron chi connectivity index (χ1n) is 19.7. The van der Waals surface area contributed by atoms with Crippen molar-refractivity contribution in [1.29, 1.82) is 0 Å². The van der Waals surface area contributed by atoms with E-state index in [1.807, 2.05) is 0 Å². The average Bonchev–Trinajstić information content (AvgIpc) is 3.27. The number of ether oxygens (including phenoxy) is 7. The number of esters is 1. The topological polar surface area (TPSA) is 355 Å². The van der Waals surface area contributed by atoms with E-state index in [2.05, 4.69) is 0 Å².